The number of nitrogens with zero attached hydrogens (tertiary/aromatic N) is 1. The minimum absolute atomic E-state index is 0.261. The van der Waals surface area contributed by atoms with Gasteiger partial charge in [-0.05, 0) is 62.8 Å². The molecule has 0 aliphatic heterocycles. The van der Waals surface area contributed by atoms with Gasteiger partial charge < -0.3 is 10.1 Å². The molecule has 0 aromatic heterocycles. The third kappa shape index (κ3) is 3.20. The van der Waals surface area contributed by atoms with Crippen molar-refractivity contribution in [3.05, 3.63) is 23.3 Å². The Labute approximate surface area is 115 Å². The van der Waals surface area contributed by atoms with Crippen LogP contribution in [0.4, 0.5) is 5.69 Å². The molecule has 19 heavy (non-hydrogen) atoms. The van der Waals surface area contributed by atoms with Gasteiger partial charge in [0.05, 0.1) is 13.2 Å². The number of nitriles is 1. The molecule has 1 saturated carbocycles. The molecular formula is C16H22N2O. The molecule has 1 fully saturated rings. The Morgan fingerprint density at radius 2 is 1.74 bits per heavy atom. The van der Waals surface area contributed by atoms with Crippen LogP contribution in [0.5, 0.6) is 5.75 Å². The second kappa shape index (κ2) is 5.97. The quantitative estimate of drug-likeness (QED) is 0.896. The zero-order valence-corrected chi connectivity index (χ0v) is 12.0. The van der Waals surface area contributed by atoms with Crippen LogP contribution in [0.3, 0.4) is 0 Å². The number of nitrogens with one attached hydrogen (secondary N) is 1. The summed E-state index contributed by atoms with van der Waals surface area (Å²) in [6.07, 6.45) is 4.20. The lowest BCUT2D eigenvalue weighted by Crippen LogP contribution is -2.25. The molecular weight excluding hydrogens is 236 g/mol. The van der Waals surface area contributed by atoms with E-state index in [4.69, 9.17) is 10.00 Å². The molecule has 102 valence electrons. The van der Waals surface area contributed by atoms with Crippen molar-refractivity contribution in [2.24, 2.45) is 5.92 Å². The Balaban J connectivity index is 2.03. The Kier molecular flexibility index (Phi) is 4.31. The maximum absolute atomic E-state index is 8.91. The van der Waals surface area contributed by atoms with E-state index in [0.29, 0.717) is 6.04 Å². The van der Waals surface area contributed by atoms with E-state index >= 15 is 0 Å². The second-order valence-electron chi connectivity index (χ2n) is 5.47. The Morgan fingerprint density at radius 1 is 1.16 bits per heavy atom. The molecule has 1 aliphatic rings. The van der Waals surface area contributed by atoms with Gasteiger partial charge in [-0.25, -0.2) is 0 Å². The summed E-state index contributed by atoms with van der Waals surface area (Å²) in [4.78, 5) is 0. The number of methoxy groups -OCH3 is 1. The second-order valence-corrected chi connectivity index (χ2v) is 5.47. The monoisotopic (exact) mass is 258 g/mol. The largest absolute Gasteiger partial charge is 0.496 e. The Bertz CT molecular complexity index is 459. The lowest BCUT2D eigenvalue weighted by molar-refractivity contribution is 0.397. The SMILES string of the molecule is COc1c(C)cc(NC2CCC(C#N)CC2)cc1C. The summed E-state index contributed by atoms with van der Waals surface area (Å²) in [7, 11) is 1.71. The van der Waals surface area contributed by atoms with Gasteiger partial charge in [0.25, 0.3) is 0 Å². The highest BCUT2D eigenvalue weighted by Gasteiger charge is 2.20. The van der Waals surface area contributed by atoms with Crippen LogP contribution in [0, 0.1) is 31.1 Å². The fourth-order valence-corrected chi connectivity index (χ4v) is 2.96. The van der Waals surface area contributed by atoms with Gasteiger partial charge in [0.1, 0.15) is 5.75 Å². The maximum Gasteiger partial charge on any atom is 0.124 e. The summed E-state index contributed by atoms with van der Waals surface area (Å²) in [5, 5.41) is 12.5. The van der Waals surface area contributed by atoms with Crippen LogP contribution in [0.15, 0.2) is 12.1 Å². The van der Waals surface area contributed by atoms with Crippen LogP contribution >= 0.6 is 0 Å². The predicted molar refractivity (Wildman–Crippen MR) is 77.4 cm³/mol. The molecule has 0 unspecified atom stereocenters. The standard InChI is InChI=1S/C16H22N2O/c1-11-8-15(9-12(2)16(11)19-3)18-14-6-4-13(10-17)5-7-14/h8-9,13-14,18H,4-7H2,1-3H3. The molecule has 0 atom stereocenters. The van der Waals surface area contributed by atoms with E-state index in [0.717, 1.165) is 48.2 Å². The van der Waals surface area contributed by atoms with Crippen LogP contribution in [-0.4, -0.2) is 13.2 Å². The van der Waals surface area contributed by atoms with Crippen LogP contribution in [0.25, 0.3) is 0 Å². The Hall–Kier alpha value is -1.69. The molecule has 0 saturated heterocycles. The molecule has 2 rings (SSSR count). The van der Waals surface area contributed by atoms with Crippen LogP contribution in [0.2, 0.25) is 0 Å². The van der Waals surface area contributed by atoms with Crippen LogP contribution in [-0.2, 0) is 0 Å². The summed E-state index contributed by atoms with van der Waals surface area (Å²) in [5.74, 6) is 1.23. The molecule has 0 spiro atoms. The number of rotatable bonds is 3. The smallest absolute Gasteiger partial charge is 0.124 e. The lowest BCUT2D eigenvalue weighted by atomic mass is 9.87. The van der Waals surface area contributed by atoms with Crippen LogP contribution < -0.4 is 10.1 Å². The molecule has 1 aromatic carbocycles. The number of anilines is 1. The highest BCUT2D eigenvalue weighted by Crippen LogP contribution is 2.30. The average molecular weight is 258 g/mol. The van der Waals surface area contributed by atoms with Gasteiger partial charge in [0.15, 0.2) is 0 Å². The van der Waals surface area contributed by atoms with Gasteiger partial charge >= 0.3 is 0 Å². The summed E-state index contributed by atoms with van der Waals surface area (Å²) in [6.45, 7) is 4.15. The summed E-state index contributed by atoms with van der Waals surface area (Å²) in [6, 6.07) is 7.16. The number of benzene rings is 1. The van der Waals surface area contributed by atoms with Crippen molar-refractivity contribution >= 4 is 5.69 Å². The van der Waals surface area contributed by atoms with Crippen molar-refractivity contribution in [3.63, 3.8) is 0 Å². The van der Waals surface area contributed by atoms with E-state index < -0.39 is 0 Å². The third-order valence-corrected chi connectivity index (χ3v) is 3.94. The van der Waals surface area contributed by atoms with Gasteiger partial charge in [-0.3, -0.25) is 0 Å². The molecule has 3 nitrogen and oxygen atoms in total. The van der Waals surface area contributed by atoms with Crippen molar-refractivity contribution < 1.29 is 4.74 Å². The van der Waals surface area contributed by atoms with Gasteiger partial charge in [-0.1, -0.05) is 0 Å². The highest BCUT2D eigenvalue weighted by atomic mass is 16.5. The normalized spacial score (nSPS) is 22.6. The number of hydrogen-bond donors (Lipinski definition) is 1. The van der Waals surface area contributed by atoms with Gasteiger partial charge in [-0.2, -0.15) is 5.26 Å². The van der Waals surface area contributed by atoms with Crippen molar-refractivity contribution in [1.29, 1.82) is 5.26 Å². The minimum atomic E-state index is 0.261. The van der Waals surface area contributed by atoms with Crippen molar-refractivity contribution in [1.82, 2.24) is 0 Å². The molecule has 3 heteroatoms. The molecule has 0 radical (unpaired) electrons. The molecule has 0 bridgehead atoms. The first-order valence-corrected chi connectivity index (χ1v) is 6.95. The molecule has 1 N–H and O–H groups in total. The van der Waals surface area contributed by atoms with Crippen LogP contribution in [0.1, 0.15) is 36.8 Å². The first-order valence-electron chi connectivity index (χ1n) is 6.95. The van der Waals surface area contributed by atoms with E-state index in [1.807, 2.05) is 0 Å². The zero-order chi connectivity index (χ0) is 13.8. The molecule has 0 heterocycles. The fourth-order valence-electron chi connectivity index (χ4n) is 2.96. The lowest BCUT2D eigenvalue weighted by Gasteiger charge is -2.27. The summed E-state index contributed by atoms with van der Waals surface area (Å²) in [5.41, 5.74) is 3.49. The minimum Gasteiger partial charge on any atom is -0.496 e. The van der Waals surface area contributed by atoms with E-state index in [-0.39, 0.29) is 5.92 Å². The number of ether oxygens (including phenoxy) is 1. The molecule has 1 aromatic rings. The van der Waals surface area contributed by atoms with Gasteiger partial charge in [0.2, 0.25) is 0 Å². The first-order chi connectivity index (χ1) is 9.13. The van der Waals surface area contributed by atoms with Crippen molar-refractivity contribution in [2.45, 2.75) is 45.6 Å². The van der Waals surface area contributed by atoms with E-state index in [2.05, 4.69) is 37.4 Å². The van der Waals surface area contributed by atoms with Crippen molar-refractivity contribution in [3.8, 4) is 11.8 Å². The highest BCUT2D eigenvalue weighted by molar-refractivity contribution is 5.55. The number of aryl methyl sites for hydroxylation is 2. The zero-order valence-electron chi connectivity index (χ0n) is 12.0. The Morgan fingerprint density at radius 3 is 2.21 bits per heavy atom. The molecule has 0 amide bonds. The predicted octanol–water partition coefficient (Wildman–Crippen LogP) is 3.81. The van der Waals surface area contributed by atoms with Gasteiger partial charge in [0, 0.05) is 17.6 Å². The van der Waals surface area contributed by atoms with Gasteiger partial charge in [-0.15, -0.1) is 0 Å². The number of hydrogen-bond acceptors (Lipinski definition) is 3. The average Bonchev–Trinajstić information content (AvgIpc) is 2.39. The summed E-state index contributed by atoms with van der Waals surface area (Å²) < 4.78 is 5.39. The fraction of sp³-hybridized carbons (Fsp3) is 0.562. The molecule has 1 aliphatic carbocycles. The topological polar surface area (TPSA) is 45.0 Å². The van der Waals surface area contributed by atoms with Crippen molar-refractivity contribution in [2.75, 3.05) is 12.4 Å². The van der Waals surface area contributed by atoms with E-state index in [9.17, 15) is 0 Å². The first kappa shape index (κ1) is 13.7. The van der Waals surface area contributed by atoms with E-state index in [1.165, 1.54) is 0 Å². The summed E-state index contributed by atoms with van der Waals surface area (Å²) >= 11 is 0. The van der Waals surface area contributed by atoms with E-state index in [1.54, 1.807) is 7.11 Å². The maximum atomic E-state index is 8.91. The third-order valence-electron chi connectivity index (χ3n) is 3.94.